The fourth-order valence-electron chi connectivity index (χ4n) is 7.95. The summed E-state index contributed by atoms with van der Waals surface area (Å²) in [4.78, 5) is 38.0. The molecule has 0 aliphatic rings. The van der Waals surface area contributed by atoms with Gasteiger partial charge in [-0.1, -0.05) is 237 Å². The summed E-state index contributed by atoms with van der Waals surface area (Å²) in [5.74, 6) is -0.875. The first-order valence-corrected chi connectivity index (χ1v) is 27.5. The van der Waals surface area contributed by atoms with Gasteiger partial charge in [-0.3, -0.25) is 14.4 Å². The number of unbranched alkanes of at least 4 members (excludes halogenated alkanes) is 33. The van der Waals surface area contributed by atoms with E-state index >= 15 is 0 Å². The number of ether oxygens (including phenoxy) is 3. The van der Waals surface area contributed by atoms with E-state index in [1.54, 1.807) is 0 Å². The molecule has 0 aliphatic heterocycles. The minimum absolute atomic E-state index is 0.0739. The summed E-state index contributed by atoms with van der Waals surface area (Å²) in [6.45, 7) is 6.57. The van der Waals surface area contributed by atoms with Gasteiger partial charge in [-0.25, -0.2) is 0 Å². The highest BCUT2D eigenvalue weighted by Crippen LogP contribution is 2.16. The summed E-state index contributed by atoms with van der Waals surface area (Å²) in [7, 11) is 0. The van der Waals surface area contributed by atoms with Gasteiger partial charge < -0.3 is 14.2 Å². The van der Waals surface area contributed by atoms with Crippen molar-refractivity contribution in [2.45, 2.75) is 297 Å². The Morgan fingerprint density at radius 2 is 0.603 bits per heavy atom. The maximum absolute atomic E-state index is 12.8. The third-order valence-corrected chi connectivity index (χ3v) is 12.1. The number of hydrogen-bond acceptors (Lipinski definition) is 6. The normalized spacial score (nSPS) is 12.2. The first-order chi connectivity index (χ1) is 31.0. The molecule has 0 heterocycles. The Hall–Kier alpha value is -2.37. The van der Waals surface area contributed by atoms with E-state index in [1.807, 2.05) is 0 Å². The van der Waals surface area contributed by atoms with Gasteiger partial charge >= 0.3 is 17.9 Å². The number of hydrogen-bond donors (Lipinski definition) is 0. The Bertz CT molecular complexity index is 1060. The van der Waals surface area contributed by atoms with E-state index in [1.165, 1.54) is 173 Å². The molecule has 1 atom stereocenters. The number of esters is 3. The van der Waals surface area contributed by atoms with E-state index in [9.17, 15) is 14.4 Å². The topological polar surface area (TPSA) is 78.9 Å². The van der Waals surface area contributed by atoms with Crippen molar-refractivity contribution in [2.75, 3.05) is 13.2 Å². The lowest BCUT2D eigenvalue weighted by Crippen LogP contribution is -2.30. The SMILES string of the molecule is CCC/C=C\CCCCCCCC(=O)OCC(COC(=O)CCCCCCCCCCC/C=C\C/C=C\CCCCC)OC(=O)CCCCCCCCCCCCCCCCCC. The van der Waals surface area contributed by atoms with Gasteiger partial charge in [0.1, 0.15) is 13.2 Å². The van der Waals surface area contributed by atoms with Gasteiger partial charge in [0.05, 0.1) is 0 Å². The smallest absolute Gasteiger partial charge is 0.306 e. The molecule has 6 nitrogen and oxygen atoms in total. The highest BCUT2D eigenvalue weighted by Gasteiger charge is 2.19. The van der Waals surface area contributed by atoms with Gasteiger partial charge in [-0.15, -0.1) is 0 Å². The lowest BCUT2D eigenvalue weighted by atomic mass is 10.0. The van der Waals surface area contributed by atoms with E-state index in [2.05, 4.69) is 57.2 Å². The highest BCUT2D eigenvalue weighted by atomic mass is 16.6. The molecule has 0 rings (SSSR count). The van der Waals surface area contributed by atoms with E-state index in [0.717, 1.165) is 77.0 Å². The fourth-order valence-corrected chi connectivity index (χ4v) is 7.95. The predicted molar refractivity (Wildman–Crippen MR) is 270 cm³/mol. The molecule has 0 amide bonds. The summed E-state index contributed by atoms with van der Waals surface area (Å²) >= 11 is 0. The third-order valence-electron chi connectivity index (χ3n) is 12.1. The summed E-state index contributed by atoms with van der Waals surface area (Å²) in [6, 6.07) is 0. The van der Waals surface area contributed by atoms with Crippen molar-refractivity contribution >= 4 is 17.9 Å². The molecule has 0 saturated carbocycles. The van der Waals surface area contributed by atoms with Crippen LogP contribution in [0.2, 0.25) is 0 Å². The largest absolute Gasteiger partial charge is 0.462 e. The molecule has 0 aliphatic carbocycles. The Balaban J connectivity index is 4.29. The van der Waals surface area contributed by atoms with Crippen LogP contribution in [0.3, 0.4) is 0 Å². The minimum atomic E-state index is -0.773. The Morgan fingerprint density at radius 3 is 0.984 bits per heavy atom. The van der Waals surface area contributed by atoms with Crippen LogP contribution in [0, 0.1) is 0 Å². The predicted octanol–water partition coefficient (Wildman–Crippen LogP) is 18.1. The number of carbonyl (C=O) groups excluding carboxylic acids is 3. The van der Waals surface area contributed by atoms with Crippen LogP contribution in [0.25, 0.3) is 0 Å². The zero-order valence-corrected chi connectivity index (χ0v) is 42.1. The molecule has 0 aromatic heterocycles. The minimum Gasteiger partial charge on any atom is -0.462 e. The monoisotopic (exact) mass is 885 g/mol. The Labute approximate surface area is 391 Å². The highest BCUT2D eigenvalue weighted by molar-refractivity contribution is 5.71. The molecule has 0 N–H and O–H groups in total. The van der Waals surface area contributed by atoms with Gasteiger partial charge in [0.15, 0.2) is 6.10 Å². The Kier molecular flexibility index (Phi) is 50.3. The van der Waals surface area contributed by atoms with Gasteiger partial charge in [-0.2, -0.15) is 0 Å². The van der Waals surface area contributed by atoms with Crippen LogP contribution in [-0.4, -0.2) is 37.2 Å². The lowest BCUT2D eigenvalue weighted by Gasteiger charge is -2.18. The zero-order valence-electron chi connectivity index (χ0n) is 42.1. The van der Waals surface area contributed by atoms with Crippen LogP contribution < -0.4 is 0 Å². The molecular formula is C57H104O6. The average molecular weight is 885 g/mol. The molecule has 0 aromatic carbocycles. The number of allylic oxidation sites excluding steroid dienone is 6. The van der Waals surface area contributed by atoms with Crippen LogP contribution >= 0.6 is 0 Å². The van der Waals surface area contributed by atoms with Gasteiger partial charge in [0, 0.05) is 19.3 Å². The van der Waals surface area contributed by atoms with E-state index in [-0.39, 0.29) is 31.1 Å². The standard InChI is InChI=1S/C57H104O6/c1-4-7-10-13-16-19-22-24-26-28-29-30-32-33-35-38-41-44-47-50-56(59)62-53-54(52-61-55(58)49-46-43-40-37-21-18-15-12-9-6-3)63-57(60)51-48-45-42-39-36-34-31-27-25-23-20-17-14-11-8-5-2/h12,15-16,19,24,26,54H,4-11,13-14,17-18,20-23,25,27-53H2,1-3H3/b15-12-,19-16-,26-24-. The second kappa shape index (κ2) is 52.3. The molecule has 0 saturated heterocycles. The van der Waals surface area contributed by atoms with Crippen LogP contribution in [0.1, 0.15) is 290 Å². The molecule has 0 radical (unpaired) electrons. The molecule has 0 bridgehead atoms. The molecular weight excluding hydrogens is 781 g/mol. The quantitative estimate of drug-likeness (QED) is 0.0262. The van der Waals surface area contributed by atoms with Crippen molar-refractivity contribution in [3.63, 3.8) is 0 Å². The third kappa shape index (κ3) is 50.5. The van der Waals surface area contributed by atoms with Crippen molar-refractivity contribution in [1.29, 1.82) is 0 Å². The molecule has 6 heteroatoms. The van der Waals surface area contributed by atoms with Crippen molar-refractivity contribution in [3.05, 3.63) is 36.5 Å². The molecule has 1 unspecified atom stereocenters. The fraction of sp³-hybridized carbons (Fsp3) is 0.842. The maximum atomic E-state index is 12.8. The summed E-state index contributed by atoms with van der Waals surface area (Å²) < 4.78 is 16.8. The molecule has 0 spiro atoms. The van der Waals surface area contributed by atoms with Gasteiger partial charge in [0.25, 0.3) is 0 Å². The summed E-state index contributed by atoms with van der Waals surface area (Å²) in [5.41, 5.74) is 0. The summed E-state index contributed by atoms with van der Waals surface area (Å²) in [6.07, 6.45) is 61.3. The van der Waals surface area contributed by atoms with Crippen molar-refractivity contribution in [2.24, 2.45) is 0 Å². The molecule has 0 fully saturated rings. The van der Waals surface area contributed by atoms with Crippen LogP contribution in [0.4, 0.5) is 0 Å². The lowest BCUT2D eigenvalue weighted by molar-refractivity contribution is -0.167. The van der Waals surface area contributed by atoms with Crippen LogP contribution in [0.15, 0.2) is 36.5 Å². The number of rotatable bonds is 50. The second-order valence-electron chi connectivity index (χ2n) is 18.5. The van der Waals surface area contributed by atoms with Crippen LogP contribution in [-0.2, 0) is 28.6 Å². The molecule has 0 aromatic rings. The average Bonchev–Trinajstić information content (AvgIpc) is 3.28. The number of carbonyl (C=O) groups is 3. The zero-order chi connectivity index (χ0) is 45.8. The van der Waals surface area contributed by atoms with E-state index in [0.29, 0.717) is 19.3 Å². The van der Waals surface area contributed by atoms with E-state index < -0.39 is 6.10 Å². The first kappa shape index (κ1) is 60.6. The molecule has 368 valence electrons. The second-order valence-corrected chi connectivity index (χ2v) is 18.5. The first-order valence-electron chi connectivity index (χ1n) is 27.5. The van der Waals surface area contributed by atoms with Crippen molar-refractivity contribution < 1.29 is 28.6 Å². The maximum Gasteiger partial charge on any atom is 0.306 e. The van der Waals surface area contributed by atoms with Crippen molar-refractivity contribution in [1.82, 2.24) is 0 Å². The van der Waals surface area contributed by atoms with Gasteiger partial charge in [-0.05, 0) is 70.6 Å². The van der Waals surface area contributed by atoms with Crippen LogP contribution in [0.5, 0.6) is 0 Å². The van der Waals surface area contributed by atoms with Gasteiger partial charge in [0.2, 0.25) is 0 Å². The van der Waals surface area contributed by atoms with E-state index in [4.69, 9.17) is 14.2 Å². The molecule has 63 heavy (non-hydrogen) atoms. The Morgan fingerprint density at radius 1 is 0.317 bits per heavy atom. The summed E-state index contributed by atoms with van der Waals surface area (Å²) in [5, 5.41) is 0. The van der Waals surface area contributed by atoms with Crippen molar-refractivity contribution in [3.8, 4) is 0 Å².